The zero-order valence-electron chi connectivity index (χ0n) is 12.9. The Balaban J connectivity index is 1.98. The Morgan fingerprint density at radius 2 is 1.82 bits per heavy atom. The van der Waals surface area contributed by atoms with E-state index in [4.69, 9.17) is 0 Å². The number of carboxylic acid groups (broad SMARTS) is 1. The monoisotopic (exact) mass is 299 g/mol. The van der Waals surface area contributed by atoms with Crippen LogP contribution >= 0.6 is 0 Å². The number of nitrogens with zero attached hydrogens (tertiary/aromatic N) is 2. The van der Waals surface area contributed by atoms with Crippen molar-refractivity contribution in [3.8, 4) is 11.4 Å². The third-order valence-corrected chi connectivity index (χ3v) is 3.30. The first-order valence-electron chi connectivity index (χ1n) is 7.39. The van der Waals surface area contributed by atoms with E-state index in [-0.39, 0.29) is 0 Å². The minimum atomic E-state index is -0.824. The summed E-state index contributed by atoms with van der Waals surface area (Å²) in [5.74, 6) is 0.169. The molecule has 0 spiro atoms. The number of nitrogens with one attached hydrogen (secondary N) is 1. The van der Waals surface area contributed by atoms with Crippen molar-refractivity contribution in [2.45, 2.75) is 32.9 Å². The van der Waals surface area contributed by atoms with Crippen molar-refractivity contribution in [1.29, 1.82) is 0 Å². The van der Waals surface area contributed by atoms with Gasteiger partial charge in [0.2, 0.25) is 0 Å². The van der Waals surface area contributed by atoms with Gasteiger partial charge in [-0.3, -0.25) is 4.79 Å². The maximum atomic E-state index is 11.2. The minimum Gasteiger partial charge on any atom is -0.480 e. The highest BCUT2D eigenvalue weighted by Crippen LogP contribution is 2.13. The molecule has 116 valence electrons. The molecule has 2 aromatic rings. The van der Waals surface area contributed by atoms with Crippen LogP contribution in [0.3, 0.4) is 0 Å². The molecule has 5 heteroatoms. The molecular formula is C17H21N3O2. The van der Waals surface area contributed by atoms with Crippen LogP contribution in [0, 0.1) is 5.92 Å². The number of aromatic nitrogens is 2. The van der Waals surface area contributed by atoms with Crippen LogP contribution in [-0.2, 0) is 11.3 Å². The Morgan fingerprint density at radius 3 is 2.36 bits per heavy atom. The summed E-state index contributed by atoms with van der Waals surface area (Å²) in [6.07, 6.45) is 4.06. The van der Waals surface area contributed by atoms with Crippen LogP contribution in [0.1, 0.15) is 25.8 Å². The molecule has 0 radical (unpaired) electrons. The van der Waals surface area contributed by atoms with Crippen LogP contribution < -0.4 is 5.32 Å². The van der Waals surface area contributed by atoms with E-state index >= 15 is 0 Å². The second-order valence-corrected chi connectivity index (χ2v) is 5.68. The number of aliphatic carboxylic acids is 1. The molecule has 0 aliphatic heterocycles. The second-order valence-electron chi connectivity index (χ2n) is 5.68. The zero-order valence-corrected chi connectivity index (χ0v) is 12.9. The lowest BCUT2D eigenvalue weighted by atomic mass is 10.0. The van der Waals surface area contributed by atoms with Gasteiger partial charge >= 0.3 is 5.97 Å². The lowest BCUT2D eigenvalue weighted by molar-refractivity contribution is -0.140. The Kier molecular flexibility index (Phi) is 5.61. The van der Waals surface area contributed by atoms with E-state index in [0.29, 0.717) is 24.7 Å². The van der Waals surface area contributed by atoms with Gasteiger partial charge in [0.05, 0.1) is 0 Å². The summed E-state index contributed by atoms with van der Waals surface area (Å²) in [4.78, 5) is 19.9. The van der Waals surface area contributed by atoms with Crippen molar-refractivity contribution < 1.29 is 9.90 Å². The SMILES string of the molecule is CC(C)CC(NCc1cnc(-c2ccccc2)nc1)C(=O)O. The van der Waals surface area contributed by atoms with Gasteiger partial charge in [-0.15, -0.1) is 0 Å². The van der Waals surface area contributed by atoms with Gasteiger partial charge in [-0.05, 0) is 12.3 Å². The van der Waals surface area contributed by atoms with Crippen molar-refractivity contribution in [1.82, 2.24) is 15.3 Å². The van der Waals surface area contributed by atoms with Gasteiger partial charge in [0.1, 0.15) is 6.04 Å². The lowest BCUT2D eigenvalue weighted by Gasteiger charge is -2.16. The molecule has 5 nitrogen and oxygen atoms in total. The number of carboxylic acids is 1. The van der Waals surface area contributed by atoms with Gasteiger partial charge in [-0.25, -0.2) is 9.97 Å². The van der Waals surface area contributed by atoms with Crippen molar-refractivity contribution in [3.63, 3.8) is 0 Å². The molecule has 22 heavy (non-hydrogen) atoms. The highest BCUT2D eigenvalue weighted by Gasteiger charge is 2.18. The molecule has 1 aromatic heterocycles. The summed E-state index contributed by atoms with van der Waals surface area (Å²) in [6.45, 7) is 4.46. The van der Waals surface area contributed by atoms with Crippen LogP contribution in [0.4, 0.5) is 0 Å². The fourth-order valence-electron chi connectivity index (χ4n) is 2.17. The van der Waals surface area contributed by atoms with Crippen LogP contribution in [-0.4, -0.2) is 27.1 Å². The molecule has 0 aliphatic rings. The topological polar surface area (TPSA) is 75.1 Å². The first kappa shape index (κ1) is 16.1. The Bertz CT molecular complexity index is 597. The van der Waals surface area contributed by atoms with E-state index in [1.165, 1.54) is 0 Å². The van der Waals surface area contributed by atoms with E-state index in [0.717, 1.165) is 11.1 Å². The number of carbonyl (C=O) groups is 1. The Morgan fingerprint density at radius 1 is 1.18 bits per heavy atom. The summed E-state index contributed by atoms with van der Waals surface area (Å²) in [5.41, 5.74) is 1.83. The van der Waals surface area contributed by atoms with Crippen LogP contribution in [0.25, 0.3) is 11.4 Å². The molecule has 0 fully saturated rings. The minimum absolute atomic E-state index is 0.324. The maximum Gasteiger partial charge on any atom is 0.320 e. The molecule has 0 bridgehead atoms. The number of hydrogen-bond donors (Lipinski definition) is 2. The molecule has 1 heterocycles. The summed E-state index contributed by atoms with van der Waals surface area (Å²) in [5, 5.41) is 12.2. The van der Waals surface area contributed by atoms with Crippen LogP contribution in [0.15, 0.2) is 42.7 Å². The lowest BCUT2D eigenvalue weighted by Crippen LogP contribution is -2.37. The molecule has 1 aromatic carbocycles. The predicted octanol–water partition coefficient (Wildman–Crippen LogP) is 2.73. The molecule has 0 aliphatic carbocycles. The van der Waals surface area contributed by atoms with E-state index < -0.39 is 12.0 Å². The smallest absolute Gasteiger partial charge is 0.320 e. The van der Waals surface area contributed by atoms with Gasteiger partial charge in [-0.1, -0.05) is 44.2 Å². The highest BCUT2D eigenvalue weighted by molar-refractivity contribution is 5.73. The summed E-state index contributed by atoms with van der Waals surface area (Å²) in [7, 11) is 0. The fraction of sp³-hybridized carbons (Fsp3) is 0.353. The van der Waals surface area contributed by atoms with Gasteiger partial charge in [-0.2, -0.15) is 0 Å². The van der Waals surface area contributed by atoms with Gasteiger partial charge < -0.3 is 10.4 Å². The Labute approximate surface area is 130 Å². The summed E-state index contributed by atoms with van der Waals surface area (Å²) >= 11 is 0. The fourth-order valence-corrected chi connectivity index (χ4v) is 2.17. The molecule has 0 amide bonds. The molecule has 2 rings (SSSR count). The molecule has 0 saturated heterocycles. The van der Waals surface area contributed by atoms with E-state index in [2.05, 4.69) is 15.3 Å². The van der Waals surface area contributed by atoms with Gasteiger partial charge in [0.15, 0.2) is 5.82 Å². The largest absolute Gasteiger partial charge is 0.480 e. The highest BCUT2D eigenvalue weighted by atomic mass is 16.4. The first-order chi connectivity index (χ1) is 10.6. The van der Waals surface area contributed by atoms with E-state index in [9.17, 15) is 9.90 Å². The number of hydrogen-bond acceptors (Lipinski definition) is 4. The summed E-state index contributed by atoms with van der Waals surface area (Å²) < 4.78 is 0. The average molecular weight is 299 g/mol. The van der Waals surface area contributed by atoms with Crippen LogP contribution in [0.5, 0.6) is 0 Å². The van der Waals surface area contributed by atoms with Crippen molar-refractivity contribution in [2.24, 2.45) is 5.92 Å². The predicted molar refractivity (Wildman–Crippen MR) is 85.2 cm³/mol. The zero-order chi connectivity index (χ0) is 15.9. The van der Waals surface area contributed by atoms with E-state index in [1.54, 1.807) is 12.4 Å². The average Bonchev–Trinajstić information content (AvgIpc) is 2.52. The first-order valence-corrected chi connectivity index (χ1v) is 7.39. The molecule has 2 N–H and O–H groups in total. The standard InChI is InChI=1S/C17H21N3O2/c1-12(2)8-15(17(21)22)18-9-13-10-19-16(20-11-13)14-6-4-3-5-7-14/h3-7,10-12,15,18H,8-9H2,1-2H3,(H,21,22). The number of rotatable bonds is 7. The molecule has 1 atom stereocenters. The van der Waals surface area contributed by atoms with Gasteiger partial charge in [0, 0.05) is 30.1 Å². The second kappa shape index (κ2) is 7.66. The van der Waals surface area contributed by atoms with Crippen molar-refractivity contribution >= 4 is 5.97 Å². The third-order valence-electron chi connectivity index (χ3n) is 3.30. The quantitative estimate of drug-likeness (QED) is 0.822. The molecular weight excluding hydrogens is 278 g/mol. The van der Waals surface area contributed by atoms with Gasteiger partial charge in [0.25, 0.3) is 0 Å². The third kappa shape index (κ3) is 4.63. The molecule has 1 unspecified atom stereocenters. The normalized spacial score (nSPS) is 12.3. The molecule has 0 saturated carbocycles. The summed E-state index contributed by atoms with van der Waals surface area (Å²) in [6, 6.07) is 9.19. The van der Waals surface area contributed by atoms with Crippen LogP contribution in [0.2, 0.25) is 0 Å². The van der Waals surface area contributed by atoms with Crippen molar-refractivity contribution in [2.75, 3.05) is 0 Å². The number of benzene rings is 1. The maximum absolute atomic E-state index is 11.2. The Hall–Kier alpha value is -2.27. The van der Waals surface area contributed by atoms with Crippen molar-refractivity contribution in [3.05, 3.63) is 48.3 Å². The van der Waals surface area contributed by atoms with E-state index in [1.807, 2.05) is 44.2 Å².